The Labute approximate surface area is 102 Å². The van der Waals surface area contributed by atoms with Crippen LogP contribution in [-0.2, 0) is 4.74 Å². The molecule has 1 aromatic rings. The monoisotopic (exact) mass is 241 g/mol. The average molecular weight is 241 g/mol. The summed E-state index contributed by atoms with van der Waals surface area (Å²) in [6.07, 6.45) is 0.125. The molecule has 1 atom stereocenters. The SMILES string of the molecule is CNC(COC(C)C)c1cccc(OC)c1F. The summed E-state index contributed by atoms with van der Waals surface area (Å²) in [4.78, 5) is 0. The zero-order valence-corrected chi connectivity index (χ0v) is 10.8. The van der Waals surface area contributed by atoms with E-state index >= 15 is 0 Å². The molecule has 0 aromatic heterocycles. The molecule has 1 aromatic carbocycles. The van der Waals surface area contributed by atoms with Crippen molar-refractivity contribution in [2.24, 2.45) is 0 Å². The predicted octanol–water partition coefficient (Wildman–Crippen LogP) is 2.52. The number of hydrogen-bond donors (Lipinski definition) is 1. The normalized spacial score (nSPS) is 12.8. The van der Waals surface area contributed by atoms with Gasteiger partial charge in [-0.1, -0.05) is 12.1 Å². The summed E-state index contributed by atoms with van der Waals surface area (Å²) in [6.45, 7) is 4.33. The van der Waals surface area contributed by atoms with E-state index in [2.05, 4.69) is 5.32 Å². The molecule has 0 amide bonds. The van der Waals surface area contributed by atoms with Gasteiger partial charge in [0.15, 0.2) is 11.6 Å². The number of rotatable bonds is 6. The van der Waals surface area contributed by atoms with Crippen LogP contribution in [0.1, 0.15) is 25.5 Å². The second kappa shape index (κ2) is 6.57. The Morgan fingerprint density at radius 1 is 1.35 bits per heavy atom. The molecule has 4 heteroatoms. The highest BCUT2D eigenvalue weighted by atomic mass is 19.1. The first kappa shape index (κ1) is 13.9. The van der Waals surface area contributed by atoms with Crippen LogP contribution in [0.4, 0.5) is 4.39 Å². The highest BCUT2D eigenvalue weighted by Gasteiger charge is 2.17. The maximum atomic E-state index is 14.0. The summed E-state index contributed by atoms with van der Waals surface area (Å²) >= 11 is 0. The molecular weight excluding hydrogens is 221 g/mol. The molecule has 3 nitrogen and oxygen atoms in total. The van der Waals surface area contributed by atoms with Crippen molar-refractivity contribution < 1.29 is 13.9 Å². The zero-order chi connectivity index (χ0) is 12.8. The zero-order valence-electron chi connectivity index (χ0n) is 10.8. The van der Waals surface area contributed by atoms with Gasteiger partial charge >= 0.3 is 0 Å². The smallest absolute Gasteiger partial charge is 0.169 e. The van der Waals surface area contributed by atoms with E-state index in [0.717, 1.165) is 0 Å². The summed E-state index contributed by atoms with van der Waals surface area (Å²) in [5, 5.41) is 3.05. The van der Waals surface area contributed by atoms with Crippen LogP contribution in [0.5, 0.6) is 5.75 Å². The Morgan fingerprint density at radius 2 is 2.06 bits per heavy atom. The summed E-state index contributed by atoms with van der Waals surface area (Å²) in [5.41, 5.74) is 0.563. The fourth-order valence-electron chi connectivity index (χ4n) is 1.57. The molecule has 1 N–H and O–H groups in total. The largest absolute Gasteiger partial charge is 0.494 e. The van der Waals surface area contributed by atoms with Crippen LogP contribution in [0.3, 0.4) is 0 Å². The van der Waals surface area contributed by atoms with E-state index in [4.69, 9.17) is 9.47 Å². The van der Waals surface area contributed by atoms with Gasteiger partial charge in [0, 0.05) is 5.56 Å². The second-order valence-electron chi connectivity index (χ2n) is 4.09. The molecular formula is C13H20FNO2. The van der Waals surface area contributed by atoms with Crippen molar-refractivity contribution in [1.82, 2.24) is 5.32 Å². The van der Waals surface area contributed by atoms with Crippen molar-refractivity contribution in [2.75, 3.05) is 20.8 Å². The number of halogens is 1. The minimum absolute atomic E-state index is 0.125. The topological polar surface area (TPSA) is 30.5 Å². The number of benzene rings is 1. The van der Waals surface area contributed by atoms with Crippen molar-refractivity contribution in [3.63, 3.8) is 0 Å². The minimum atomic E-state index is -0.332. The molecule has 0 aliphatic carbocycles. The van der Waals surface area contributed by atoms with E-state index < -0.39 is 0 Å². The highest BCUT2D eigenvalue weighted by molar-refractivity contribution is 5.33. The Kier molecular flexibility index (Phi) is 5.38. The number of hydrogen-bond acceptors (Lipinski definition) is 3. The summed E-state index contributed by atoms with van der Waals surface area (Å²) < 4.78 is 24.5. The summed E-state index contributed by atoms with van der Waals surface area (Å²) in [6, 6.07) is 4.95. The maximum absolute atomic E-state index is 14.0. The van der Waals surface area contributed by atoms with Crippen LogP contribution < -0.4 is 10.1 Å². The van der Waals surface area contributed by atoms with Crippen molar-refractivity contribution in [3.05, 3.63) is 29.6 Å². The first-order valence-corrected chi connectivity index (χ1v) is 5.71. The van der Waals surface area contributed by atoms with Gasteiger partial charge in [-0.3, -0.25) is 0 Å². The molecule has 0 heterocycles. The van der Waals surface area contributed by atoms with Gasteiger partial charge in [-0.2, -0.15) is 0 Å². The van der Waals surface area contributed by atoms with Crippen LogP contribution in [0.15, 0.2) is 18.2 Å². The van der Waals surface area contributed by atoms with Crippen molar-refractivity contribution >= 4 is 0 Å². The van der Waals surface area contributed by atoms with E-state index in [1.54, 1.807) is 25.2 Å². The average Bonchev–Trinajstić information content (AvgIpc) is 2.31. The van der Waals surface area contributed by atoms with Gasteiger partial charge < -0.3 is 14.8 Å². The van der Waals surface area contributed by atoms with E-state index in [9.17, 15) is 4.39 Å². The quantitative estimate of drug-likeness (QED) is 0.830. The molecule has 0 saturated heterocycles. The molecule has 0 fully saturated rings. The standard InChI is InChI=1S/C13H20FNO2/c1-9(2)17-8-11(15-3)10-6-5-7-12(16-4)13(10)14/h5-7,9,11,15H,8H2,1-4H3. The molecule has 0 saturated carbocycles. The predicted molar refractivity (Wildman–Crippen MR) is 65.8 cm³/mol. The molecule has 1 rings (SSSR count). The Balaban J connectivity index is 2.87. The lowest BCUT2D eigenvalue weighted by atomic mass is 10.1. The van der Waals surface area contributed by atoms with Gasteiger partial charge in [0.1, 0.15) is 0 Å². The minimum Gasteiger partial charge on any atom is -0.494 e. The van der Waals surface area contributed by atoms with Crippen LogP contribution in [-0.4, -0.2) is 26.9 Å². The fraction of sp³-hybridized carbons (Fsp3) is 0.538. The molecule has 17 heavy (non-hydrogen) atoms. The van der Waals surface area contributed by atoms with Gasteiger partial charge in [0.05, 0.1) is 25.9 Å². The maximum Gasteiger partial charge on any atom is 0.169 e. The summed E-state index contributed by atoms with van der Waals surface area (Å²) in [7, 11) is 3.24. The van der Waals surface area contributed by atoms with Gasteiger partial charge in [-0.15, -0.1) is 0 Å². The first-order chi connectivity index (χ1) is 8.10. The molecule has 0 aliphatic heterocycles. The van der Waals surface area contributed by atoms with Gasteiger partial charge in [-0.05, 0) is 27.0 Å². The lowest BCUT2D eigenvalue weighted by Crippen LogP contribution is -2.24. The first-order valence-electron chi connectivity index (χ1n) is 5.71. The Hall–Kier alpha value is -1.13. The third kappa shape index (κ3) is 3.68. The number of nitrogens with one attached hydrogen (secondary N) is 1. The van der Waals surface area contributed by atoms with Gasteiger partial charge in [0.2, 0.25) is 0 Å². The third-order valence-electron chi connectivity index (χ3n) is 2.53. The van der Waals surface area contributed by atoms with Crippen molar-refractivity contribution in [1.29, 1.82) is 0 Å². The molecule has 1 unspecified atom stereocenters. The third-order valence-corrected chi connectivity index (χ3v) is 2.53. The molecule has 96 valence electrons. The molecule has 0 aliphatic rings. The van der Waals surface area contributed by atoms with E-state index in [-0.39, 0.29) is 23.7 Å². The molecule has 0 bridgehead atoms. The Bertz CT molecular complexity index is 355. The molecule has 0 spiro atoms. The van der Waals surface area contributed by atoms with Crippen LogP contribution in [0.25, 0.3) is 0 Å². The molecule has 0 radical (unpaired) electrons. The fourth-order valence-corrected chi connectivity index (χ4v) is 1.57. The lowest BCUT2D eigenvalue weighted by Gasteiger charge is -2.19. The van der Waals surface area contributed by atoms with Gasteiger partial charge in [-0.25, -0.2) is 4.39 Å². The van der Waals surface area contributed by atoms with Gasteiger partial charge in [0.25, 0.3) is 0 Å². The number of methoxy groups -OCH3 is 1. The van der Waals surface area contributed by atoms with E-state index in [1.165, 1.54) is 7.11 Å². The van der Waals surface area contributed by atoms with Crippen LogP contribution >= 0.6 is 0 Å². The highest BCUT2D eigenvalue weighted by Crippen LogP contribution is 2.25. The number of likely N-dealkylation sites (N-methyl/N-ethyl adjacent to an activating group) is 1. The summed E-state index contributed by atoms with van der Waals surface area (Å²) in [5.74, 6) is -0.0750. The van der Waals surface area contributed by atoms with Crippen LogP contribution in [0.2, 0.25) is 0 Å². The Morgan fingerprint density at radius 3 is 2.59 bits per heavy atom. The van der Waals surface area contributed by atoms with Crippen molar-refractivity contribution in [2.45, 2.75) is 26.0 Å². The lowest BCUT2D eigenvalue weighted by molar-refractivity contribution is 0.0618. The van der Waals surface area contributed by atoms with Crippen molar-refractivity contribution in [3.8, 4) is 5.75 Å². The second-order valence-corrected chi connectivity index (χ2v) is 4.09. The van der Waals surface area contributed by atoms with E-state index in [1.807, 2.05) is 13.8 Å². The van der Waals surface area contributed by atoms with E-state index in [0.29, 0.717) is 12.2 Å². The van der Waals surface area contributed by atoms with Crippen LogP contribution in [0, 0.1) is 5.82 Å². The number of ether oxygens (including phenoxy) is 2.